The molecule has 1 aromatic carbocycles. The lowest BCUT2D eigenvalue weighted by atomic mass is 9.99. The maximum absolute atomic E-state index is 6.05. The Morgan fingerprint density at radius 2 is 1.67 bits per heavy atom. The lowest BCUT2D eigenvalue weighted by Crippen LogP contribution is -2.09. The number of halogens is 2. The molecule has 1 aromatic rings. The van der Waals surface area contributed by atoms with E-state index in [1.165, 1.54) is 5.56 Å². The lowest BCUT2D eigenvalue weighted by molar-refractivity contribution is 0.774. The van der Waals surface area contributed by atoms with Crippen LogP contribution in [-0.4, -0.2) is 4.33 Å². The van der Waals surface area contributed by atoms with Crippen molar-refractivity contribution in [3.63, 3.8) is 0 Å². The molecule has 0 aliphatic heterocycles. The highest BCUT2D eigenvalue weighted by molar-refractivity contribution is 6.52. The number of hydrogen-bond acceptors (Lipinski definition) is 0. The summed E-state index contributed by atoms with van der Waals surface area (Å²) in [6.45, 7) is 2.10. The Morgan fingerprint density at radius 3 is 2.08 bits per heavy atom. The molecule has 1 atom stereocenters. The largest absolute Gasteiger partial charge is 0.128 e. The molecule has 1 aliphatic carbocycles. The van der Waals surface area contributed by atoms with E-state index in [-0.39, 0.29) is 5.41 Å². The van der Waals surface area contributed by atoms with Crippen molar-refractivity contribution in [3.05, 3.63) is 35.9 Å². The zero-order valence-corrected chi connectivity index (χ0v) is 8.36. The fourth-order valence-electron chi connectivity index (χ4n) is 1.52. The number of alkyl halides is 2. The van der Waals surface area contributed by atoms with E-state index in [1.54, 1.807) is 0 Å². The minimum atomic E-state index is -0.547. The van der Waals surface area contributed by atoms with Crippen molar-refractivity contribution in [1.29, 1.82) is 0 Å². The van der Waals surface area contributed by atoms with E-state index in [4.69, 9.17) is 23.2 Å². The molecule has 64 valence electrons. The van der Waals surface area contributed by atoms with Crippen molar-refractivity contribution in [1.82, 2.24) is 0 Å². The third-order valence-corrected chi connectivity index (χ3v) is 3.77. The number of rotatable bonds is 1. The Kier molecular flexibility index (Phi) is 1.68. The molecule has 2 heteroatoms. The third-order valence-electron chi connectivity index (χ3n) is 2.67. The normalized spacial score (nSPS) is 31.6. The van der Waals surface area contributed by atoms with Crippen LogP contribution in [0.3, 0.4) is 0 Å². The Balaban J connectivity index is 2.35. The highest BCUT2D eigenvalue weighted by Gasteiger charge is 2.63. The standard InChI is InChI=1S/C10H10Cl2/c1-9(7-10(9,11)12)8-5-3-2-4-6-8/h2-6H,7H2,1H3/t9-/m0/s1. The summed E-state index contributed by atoms with van der Waals surface area (Å²) in [6.07, 6.45) is 0.854. The molecule has 1 aliphatic rings. The Hall–Kier alpha value is -0.200. The second-order valence-electron chi connectivity index (χ2n) is 3.58. The molecule has 1 saturated carbocycles. The van der Waals surface area contributed by atoms with Crippen LogP contribution in [0.25, 0.3) is 0 Å². The van der Waals surface area contributed by atoms with Gasteiger partial charge in [0.05, 0.1) is 0 Å². The second-order valence-corrected chi connectivity index (χ2v) is 5.06. The Labute approximate surface area is 82.5 Å². The molecule has 0 aromatic heterocycles. The van der Waals surface area contributed by atoms with Gasteiger partial charge in [-0.05, 0) is 12.0 Å². The Bertz CT molecular complexity index is 292. The molecule has 1 fully saturated rings. The molecule has 0 amide bonds. The summed E-state index contributed by atoms with van der Waals surface area (Å²) >= 11 is 12.1. The van der Waals surface area contributed by atoms with Crippen LogP contribution in [0.5, 0.6) is 0 Å². The van der Waals surface area contributed by atoms with Crippen molar-refractivity contribution in [2.24, 2.45) is 0 Å². The van der Waals surface area contributed by atoms with E-state index in [1.807, 2.05) is 18.2 Å². The van der Waals surface area contributed by atoms with Crippen LogP contribution in [0, 0.1) is 0 Å². The fourth-order valence-corrected chi connectivity index (χ4v) is 2.27. The molecule has 0 N–H and O–H groups in total. The van der Waals surface area contributed by atoms with Gasteiger partial charge in [0.25, 0.3) is 0 Å². The van der Waals surface area contributed by atoms with E-state index in [0.717, 1.165) is 6.42 Å². The summed E-state index contributed by atoms with van der Waals surface area (Å²) in [5.41, 5.74) is 1.20. The molecule has 0 radical (unpaired) electrons. The van der Waals surface area contributed by atoms with Crippen LogP contribution in [0.15, 0.2) is 30.3 Å². The first kappa shape index (κ1) is 8.40. The van der Waals surface area contributed by atoms with Gasteiger partial charge in [-0.2, -0.15) is 0 Å². The SMILES string of the molecule is C[C@@]1(c2ccccc2)CC1(Cl)Cl. The molecule has 12 heavy (non-hydrogen) atoms. The molecule has 0 spiro atoms. The van der Waals surface area contributed by atoms with Crippen molar-refractivity contribution in [2.75, 3.05) is 0 Å². The van der Waals surface area contributed by atoms with Crippen LogP contribution in [0.2, 0.25) is 0 Å². The molecular weight excluding hydrogens is 191 g/mol. The predicted molar refractivity (Wildman–Crippen MR) is 52.8 cm³/mol. The number of benzene rings is 1. The van der Waals surface area contributed by atoms with Gasteiger partial charge in [0.1, 0.15) is 4.33 Å². The molecule has 0 heterocycles. The quantitative estimate of drug-likeness (QED) is 0.609. The van der Waals surface area contributed by atoms with E-state index in [0.29, 0.717) is 0 Å². The van der Waals surface area contributed by atoms with Gasteiger partial charge in [0.15, 0.2) is 0 Å². The van der Waals surface area contributed by atoms with Crippen molar-refractivity contribution in [3.8, 4) is 0 Å². The van der Waals surface area contributed by atoms with E-state index in [2.05, 4.69) is 19.1 Å². The van der Waals surface area contributed by atoms with Gasteiger partial charge in [0, 0.05) is 5.41 Å². The van der Waals surface area contributed by atoms with Crippen molar-refractivity contribution < 1.29 is 0 Å². The van der Waals surface area contributed by atoms with Crippen LogP contribution in [0.1, 0.15) is 18.9 Å². The van der Waals surface area contributed by atoms with Crippen molar-refractivity contribution >= 4 is 23.2 Å². The van der Waals surface area contributed by atoms with E-state index >= 15 is 0 Å². The van der Waals surface area contributed by atoms with Gasteiger partial charge in [-0.3, -0.25) is 0 Å². The van der Waals surface area contributed by atoms with Crippen LogP contribution < -0.4 is 0 Å². The molecule has 0 bridgehead atoms. The maximum Gasteiger partial charge on any atom is 0.128 e. The molecule has 2 rings (SSSR count). The average Bonchev–Trinajstić information content (AvgIpc) is 2.55. The molecule has 0 unspecified atom stereocenters. The summed E-state index contributed by atoms with van der Waals surface area (Å²) in [5, 5.41) is 0. The van der Waals surface area contributed by atoms with Crippen LogP contribution >= 0.6 is 23.2 Å². The third kappa shape index (κ3) is 1.06. The van der Waals surface area contributed by atoms with Gasteiger partial charge in [-0.1, -0.05) is 37.3 Å². The van der Waals surface area contributed by atoms with Gasteiger partial charge < -0.3 is 0 Å². The predicted octanol–water partition coefficient (Wildman–Crippen LogP) is 3.52. The fraction of sp³-hybridized carbons (Fsp3) is 0.400. The Morgan fingerprint density at radius 1 is 1.17 bits per heavy atom. The molecule has 0 saturated heterocycles. The minimum Gasteiger partial charge on any atom is -0.101 e. The average molecular weight is 201 g/mol. The summed E-state index contributed by atoms with van der Waals surface area (Å²) < 4.78 is -0.547. The molecular formula is C10H10Cl2. The maximum atomic E-state index is 6.05. The van der Waals surface area contributed by atoms with Gasteiger partial charge in [-0.25, -0.2) is 0 Å². The first-order chi connectivity index (χ1) is 5.56. The second kappa shape index (κ2) is 2.40. The lowest BCUT2D eigenvalue weighted by Gasteiger charge is -2.11. The minimum absolute atomic E-state index is 0.0304. The number of hydrogen-bond donors (Lipinski definition) is 0. The summed E-state index contributed by atoms with van der Waals surface area (Å²) in [5.74, 6) is 0. The summed E-state index contributed by atoms with van der Waals surface area (Å²) in [4.78, 5) is 0. The zero-order chi connectivity index (χ0) is 8.82. The smallest absolute Gasteiger partial charge is 0.101 e. The van der Waals surface area contributed by atoms with E-state index in [9.17, 15) is 0 Å². The first-order valence-electron chi connectivity index (χ1n) is 4.00. The zero-order valence-electron chi connectivity index (χ0n) is 6.85. The van der Waals surface area contributed by atoms with Gasteiger partial charge >= 0.3 is 0 Å². The summed E-state index contributed by atoms with van der Waals surface area (Å²) in [6, 6.07) is 10.2. The topological polar surface area (TPSA) is 0 Å². The molecule has 0 nitrogen and oxygen atoms in total. The monoisotopic (exact) mass is 200 g/mol. The van der Waals surface area contributed by atoms with Crippen LogP contribution in [0.4, 0.5) is 0 Å². The first-order valence-corrected chi connectivity index (χ1v) is 4.75. The highest BCUT2D eigenvalue weighted by atomic mass is 35.5. The van der Waals surface area contributed by atoms with E-state index < -0.39 is 4.33 Å². The highest BCUT2D eigenvalue weighted by Crippen LogP contribution is 2.64. The van der Waals surface area contributed by atoms with Gasteiger partial charge in [-0.15, -0.1) is 23.2 Å². The van der Waals surface area contributed by atoms with Crippen molar-refractivity contribution in [2.45, 2.75) is 23.1 Å². The van der Waals surface area contributed by atoms with Gasteiger partial charge in [0.2, 0.25) is 0 Å². The van der Waals surface area contributed by atoms with Crippen LogP contribution in [-0.2, 0) is 5.41 Å². The summed E-state index contributed by atoms with van der Waals surface area (Å²) in [7, 11) is 0.